The van der Waals surface area contributed by atoms with Crippen LogP contribution < -0.4 is 4.90 Å². The van der Waals surface area contributed by atoms with Gasteiger partial charge in [0, 0.05) is 30.3 Å². The second-order valence-corrected chi connectivity index (χ2v) is 10.7. The zero-order valence-electron chi connectivity index (χ0n) is 23.6. The van der Waals surface area contributed by atoms with Crippen molar-refractivity contribution >= 4 is 17.7 Å². The average molecular weight is 574 g/mol. The molecule has 1 amide bonds. The van der Waals surface area contributed by atoms with Crippen LogP contribution in [0.3, 0.4) is 0 Å². The summed E-state index contributed by atoms with van der Waals surface area (Å²) in [6, 6.07) is 31.6. The molecule has 0 fully saturated rings. The molecule has 1 aromatic heterocycles. The van der Waals surface area contributed by atoms with E-state index in [4.69, 9.17) is 9.98 Å². The Morgan fingerprint density at radius 2 is 1.51 bits per heavy atom. The molecule has 214 valence electrons. The number of aliphatic imine (C=N–C) groups is 1. The number of benzene rings is 4. The minimum Gasteiger partial charge on any atom is -0.305 e. The maximum atomic E-state index is 15.0. The van der Waals surface area contributed by atoms with Gasteiger partial charge in [-0.2, -0.15) is 0 Å². The van der Waals surface area contributed by atoms with Crippen LogP contribution in [0.4, 0.5) is 14.6 Å². The maximum Gasteiger partial charge on any atom is 0.283 e. The van der Waals surface area contributed by atoms with Crippen molar-refractivity contribution in [2.45, 2.75) is 25.9 Å². The Kier molecular flexibility index (Phi) is 6.81. The number of anilines is 1. The molecule has 2 aliphatic rings. The summed E-state index contributed by atoms with van der Waals surface area (Å²) in [5, 5.41) is 0. The largest absolute Gasteiger partial charge is 0.305 e. The fourth-order valence-electron chi connectivity index (χ4n) is 5.96. The summed E-state index contributed by atoms with van der Waals surface area (Å²) in [5.74, 6) is 0.127. The van der Waals surface area contributed by atoms with Gasteiger partial charge in [-0.15, -0.1) is 0 Å². The molecule has 0 saturated carbocycles. The van der Waals surface area contributed by atoms with Crippen LogP contribution in [0.25, 0.3) is 22.5 Å². The van der Waals surface area contributed by atoms with Crippen LogP contribution in [0.15, 0.2) is 108 Å². The number of amides is 1. The van der Waals surface area contributed by atoms with Crippen molar-refractivity contribution < 1.29 is 13.6 Å². The number of carbonyl (C=O) groups excluding carboxylic acids is 1. The van der Waals surface area contributed by atoms with Gasteiger partial charge in [0.1, 0.15) is 23.3 Å². The molecule has 1 atom stereocenters. The van der Waals surface area contributed by atoms with Gasteiger partial charge in [-0.1, -0.05) is 91.0 Å². The molecule has 0 radical (unpaired) electrons. The summed E-state index contributed by atoms with van der Waals surface area (Å²) >= 11 is 0. The lowest BCUT2D eigenvalue weighted by molar-refractivity contribution is 0.0838. The molecular weight excluding hydrogens is 544 g/mol. The van der Waals surface area contributed by atoms with Gasteiger partial charge in [0.25, 0.3) is 5.91 Å². The van der Waals surface area contributed by atoms with Gasteiger partial charge in [0.05, 0.1) is 12.6 Å². The molecule has 3 heterocycles. The number of hydrogen-bond acceptors (Lipinski definition) is 4. The molecular formula is C35H29F2N5O. The van der Waals surface area contributed by atoms with Crippen LogP contribution in [-0.4, -0.2) is 39.4 Å². The molecule has 0 aliphatic carbocycles. The van der Waals surface area contributed by atoms with Gasteiger partial charge in [0.2, 0.25) is 5.96 Å². The summed E-state index contributed by atoms with van der Waals surface area (Å²) in [5.41, 5.74) is 4.59. The van der Waals surface area contributed by atoms with Crippen molar-refractivity contribution in [2.24, 2.45) is 4.99 Å². The fourth-order valence-corrected chi connectivity index (χ4v) is 5.96. The first kappa shape index (κ1) is 26.8. The predicted octanol–water partition coefficient (Wildman–Crippen LogP) is 7.33. The highest BCUT2D eigenvalue weighted by Crippen LogP contribution is 2.39. The third-order valence-electron chi connectivity index (χ3n) is 8.12. The van der Waals surface area contributed by atoms with E-state index in [0.717, 1.165) is 34.7 Å². The van der Waals surface area contributed by atoms with Crippen molar-refractivity contribution in [3.63, 3.8) is 0 Å². The zero-order chi connectivity index (χ0) is 29.5. The highest BCUT2D eigenvalue weighted by atomic mass is 19.1. The first-order valence-electron chi connectivity index (χ1n) is 14.4. The van der Waals surface area contributed by atoms with Gasteiger partial charge >= 0.3 is 0 Å². The van der Waals surface area contributed by atoms with E-state index in [0.29, 0.717) is 41.9 Å². The molecule has 0 N–H and O–H groups in total. The van der Waals surface area contributed by atoms with Crippen LogP contribution in [0.2, 0.25) is 0 Å². The summed E-state index contributed by atoms with van der Waals surface area (Å²) < 4.78 is 30.7. The van der Waals surface area contributed by atoms with E-state index in [2.05, 4.69) is 12.1 Å². The van der Waals surface area contributed by atoms with E-state index in [1.807, 2.05) is 89.2 Å². The molecule has 7 rings (SSSR count). The smallest absolute Gasteiger partial charge is 0.283 e. The van der Waals surface area contributed by atoms with Crippen molar-refractivity contribution in [2.75, 3.05) is 18.0 Å². The molecule has 0 saturated heterocycles. The number of fused-ring (bicyclic) bond motifs is 3. The summed E-state index contributed by atoms with van der Waals surface area (Å²) in [6.45, 7) is 3.01. The molecule has 2 aliphatic heterocycles. The average Bonchev–Trinajstić information content (AvgIpc) is 3.43. The number of hydrogen-bond donors (Lipinski definition) is 0. The first-order valence-corrected chi connectivity index (χ1v) is 14.4. The van der Waals surface area contributed by atoms with Crippen molar-refractivity contribution in [1.82, 2.24) is 14.5 Å². The zero-order valence-corrected chi connectivity index (χ0v) is 23.6. The quantitative estimate of drug-likeness (QED) is 0.214. The Morgan fingerprint density at radius 3 is 2.21 bits per heavy atom. The molecule has 4 aromatic carbocycles. The van der Waals surface area contributed by atoms with E-state index >= 15 is 4.39 Å². The van der Waals surface area contributed by atoms with Gasteiger partial charge in [0.15, 0.2) is 5.69 Å². The lowest BCUT2D eigenvalue weighted by atomic mass is 10.0. The van der Waals surface area contributed by atoms with Gasteiger partial charge in [-0.25, -0.2) is 18.8 Å². The molecule has 1 unspecified atom stereocenters. The van der Waals surface area contributed by atoms with Crippen LogP contribution >= 0.6 is 0 Å². The number of rotatable bonds is 6. The van der Waals surface area contributed by atoms with Crippen LogP contribution in [-0.2, 0) is 6.54 Å². The standard InChI is InChI=1S/C35H29F2N5O/c1-2-40-34(43)31-33(41-20-19-30(38-35(40)41)25-11-7-4-8-12-25)42(22-27-17-18-28(36)21-29(27)37)32(39-31)26-15-13-24(14-16-26)23-9-5-3-6-10-23/h3-18,21,30H,2,19-20,22H2,1H3. The second-order valence-electron chi connectivity index (χ2n) is 10.7. The third-order valence-corrected chi connectivity index (χ3v) is 8.12. The van der Waals surface area contributed by atoms with Crippen molar-refractivity contribution in [3.8, 4) is 22.5 Å². The van der Waals surface area contributed by atoms with Crippen LogP contribution in [0, 0.1) is 11.6 Å². The van der Waals surface area contributed by atoms with Crippen molar-refractivity contribution in [1.29, 1.82) is 0 Å². The minimum absolute atomic E-state index is 0.0650. The Bertz CT molecular complexity index is 1830. The van der Waals surface area contributed by atoms with Gasteiger partial charge < -0.3 is 4.57 Å². The first-order chi connectivity index (χ1) is 21.0. The highest BCUT2D eigenvalue weighted by Gasteiger charge is 2.42. The van der Waals surface area contributed by atoms with Crippen LogP contribution in [0.1, 0.15) is 41.0 Å². The summed E-state index contributed by atoms with van der Waals surface area (Å²) in [4.78, 5) is 27.6. The number of carbonyl (C=O) groups is 1. The Labute approximate surface area is 248 Å². The van der Waals surface area contributed by atoms with Crippen molar-refractivity contribution in [3.05, 3.63) is 132 Å². The molecule has 5 aromatic rings. The van der Waals surface area contributed by atoms with E-state index in [-0.39, 0.29) is 18.5 Å². The number of imidazole rings is 1. The van der Waals surface area contributed by atoms with E-state index in [1.165, 1.54) is 12.1 Å². The molecule has 8 heteroatoms. The Morgan fingerprint density at radius 1 is 0.837 bits per heavy atom. The normalized spacial score (nSPS) is 16.1. The molecule has 43 heavy (non-hydrogen) atoms. The Hall–Kier alpha value is -5.11. The topological polar surface area (TPSA) is 53.7 Å². The number of halogens is 2. The van der Waals surface area contributed by atoms with E-state index in [9.17, 15) is 9.18 Å². The fraction of sp³-hybridized carbons (Fsp3) is 0.171. The van der Waals surface area contributed by atoms with Crippen LogP contribution in [0.5, 0.6) is 0 Å². The molecule has 0 bridgehead atoms. The summed E-state index contributed by atoms with van der Waals surface area (Å²) in [6.07, 6.45) is 0.732. The minimum atomic E-state index is -0.651. The van der Waals surface area contributed by atoms with E-state index < -0.39 is 11.6 Å². The number of nitrogens with zero attached hydrogens (tertiary/aromatic N) is 5. The third kappa shape index (κ3) is 4.78. The number of guanidine groups is 1. The van der Waals surface area contributed by atoms with Gasteiger partial charge in [-0.05, 0) is 36.1 Å². The Balaban J connectivity index is 1.38. The highest BCUT2D eigenvalue weighted by molar-refractivity contribution is 6.18. The summed E-state index contributed by atoms with van der Waals surface area (Å²) in [7, 11) is 0. The molecule has 6 nitrogen and oxygen atoms in total. The SMILES string of the molecule is CCN1C(=O)c2nc(-c3ccc(-c4ccccc4)cc3)n(Cc3ccc(F)cc3F)c2N2CCC(c3ccccc3)N=C12. The lowest BCUT2D eigenvalue weighted by Gasteiger charge is -2.41. The monoisotopic (exact) mass is 573 g/mol. The number of aromatic nitrogens is 2. The lowest BCUT2D eigenvalue weighted by Crippen LogP contribution is -2.54. The predicted molar refractivity (Wildman–Crippen MR) is 164 cm³/mol. The van der Waals surface area contributed by atoms with E-state index in [1.54, 1.807) is 4.90 Å². The van der Waals surface area contributed by atoms with Gasteiger partial charge in [-0.3, -0.25) is 14.6 Å². The second kappa shape index (κ2) is 10.9. The maximum absolute atomic E-state index is 15.0. The molecule has 0 spiro atoms.